The van der Waals surface area contributed by atoms with Crippen LogP contribution in [0.5, 0.6) is 0 Å². The molecule has 3 N–H and O–H groups in total. The summed E-state index contributed by atoms with van der Waals surface area (Å²) >= 11 is 0. The van der Waals surface area contributed by atoms with Crippen molar-refractivity contribution >= 4 is 24.3 Å². The molecule has 1 aliphatic rings. The van der Waals surface area contributed by atoms with Crippen LogP contribution < -0.4 is 6.15 Å². The molecule has 2 aromatic heterocycles. The van der Waals surface area contributed by atoms with E-state index < -0.39 is 0 Å². The van der Waals surface area contributed by atoms with E-state index in [-0.39, 0.29) is 6.15 Å². The highest BCUT2D eigenvalue weighted by atomic mass is 15.0. The Balaban J connectivity index is 0.00000529. The quantitative estimate of drug-likeness (QED) is 0.149. The first kappa shape index (κ1) is 41.1. The number of aromatic nitrogens is 4. The molecule has 0 radical (unpaired) electrons. The minimum Gasteiger partial charge on any atom is -0.344 e. The predicted octanol–water partition coefficient (Wildman–Crippen LogP) is 15.1. The molecule has 0 fully saturated rings. The van der Waals surface area contributed by atoms with Crippen molar-refractivity contribution in [3.05, 3.63) is 204 Å². The van der Waals surface area contributed by atoms with Gasteiger partial charge < -0.3 is 6.15 Å². The van der Waals surface area contributed by atoms with Gasteiger partial charge >= 0.3 is 0 Å². The Morgan fingerprint density at radius 2 is 1.05 bits per heavy atom. The largest absolute Gasteiger partial charge is 0.344 e. The van der Waals surface area contributed by atoms with Crippen molar-refractivity contribution in [3.63, 3.8) is 0 Å². The Hall–Kier alpha value is -7.60. The molecule has 0 saturated heterocycles. The molecule has 0 amide bonds. The summed E-state index contributed by atoms with van der Waals surface area (Å²) in [5.41, 5.74) is 19.0. The van der Waals surface area contributed by atoms with E-state index in [4.69, 9.17) is 15.0 Å². The van der Waals surface area contributed by atoms with Gasteiger partial charge in [-0.15, -0.1) is 0 Å². The molecule has 9 rings (SSSR count). The lowest BCUT2D eigenvalue weighted by atomic mass is 9.86. The van der Waals surface area contributed by atoms with E-state index in [9.17, 15) is 0 Å². The Morgan fingerprint density at radius 3 is 1.61 bits per heavy atom. The number of nitrogens with zero attached hydrogens (tertiary/aromatic N) is 4. The Labute approximate surface area is 365 Å². The molecular weight excluding hydrogens is 755 g/mol. The van der Waals surface area contributed by atoms with E-state index >= 15 is 0 Å². The van der Waals surface area contributed by atoms with Crippen LogP contribution in [0.2, 0.25) is 0 Å². The fourth-order valence-corrected chi connectivity index (χ4v) is 8.36. The average molecular weight is 804 g/mol. The van der Waals surface area contributed by atoms with Gasteiger partial charge in [-0.1, -0.05) is 164 Å². The zero-order chi connectivity index (χ0) is 41.7. The van der Waals surface area contributed by atoms with Gasteiger partial charge in [0.2, 0.25) is 0 Å². The molecule has 0 spiro atoms. The van der Waals surface area contributed by atoms with Gasteiger partial charge in [-0.3, -0.25) is 4.98 Å². The number of benzene rings is 6. The molecule has 1 aliphatic carbocycles. The number of pyridine rings is 1. The van der Waals surface area contributed by atoms with Crippen molar-refractivity contribution < 1.29 is 0 Å². The molecule has 2 heterocycles. The standard InChI is InChI=1S/C57H46N4.H3N/c1-5-16-50-38(4)32-39(7-3)52(17-6-2)54(50)43-30-26-41(27-31-43)48-33-47(40-24-28-42(29-25-40)53-37-58-36-46-22-14-15-23-51(46)53)34-49(35-48)57-60-55(44-18-10-8-11-19-44)59-56(61-57)45-20-12-9-13-21-45;/h5-13,15-21,23-37H,3,14,22H2,1-2,4H3;1H3/b16-5-,17-6-;. The Morgan fingerprint density at radius 1 is 0.532 bits per heavy atom. The summed E-state index contributed by atoms with van der Waals surface area (Å²) < 4.78 is 0. The average Bonchev–Trinajstić information content (AvgIpc) is 3.33. The van der Waals surface area contributed by atoms with Crippen LogP contribution in [0, 0.1) is 6.92 Å². The lowest BCUT2D eigenvalue weighted by molar-refractivity contribution is 0.972. The zero-order valence-electron chi connectivity index (χ0n) is 35.5. The summed E-state index contributed by atoms with van der Waals surface area (Å²) in [6.45, 7) is 10.5. The number of allylic oxidation sites excluding steroid dienone is 3. The van der Waals surface area contributed by atoms with Crippen molar-refractivity contribution in [1.29, 1.82) is 0 Å². The van der Waals surface area contributed by atoms with Crippen LogP contribution in [-0.4, -0.2) is 19.9 Å². The van der Waals surface area contributed by atoms with Crippen molar-refractivity contribution in [2.75, 3.05) is 0 Å². The van der Waals surface area contributed by atoms with Crippen molar-refractivity contribution in [3.8, 4) is 78.7 Å². The smallest absolute Gasteiger partial charge is 0.164 e. The summed E-state index contributed by atoms with van der Waals surface area (Å²) in [6.07, 6.45) is 21.1. The molecule has 0 bridgehead atoms. The molecule has 8 aromatic rings. The van der Waals surface area contributed by atoms with Crippen molar-refractivity contribution in [1.82, 2.24) is 26.1 Å². The van der Waals surface area contributed by atoms with Gasteiger partial charge in [0.25, 0.3) is 0 Å². The van der Waals surface area contributed by atoms with Crippen LogP contribution in [0.4, 0.5) is 0 Å². The second-order valence-electron chi connectivity index (χ2n) is 15.4. The van der Waals surface area contributed by atoms with E-state index in [1.165, 1.54) is 27.8 Å². The van der Waals surface area contributed by atoms with E-state index in [0.717, 1.165) is 79.6 Å². The lowest BCUT2D eigenvalue weighted by Gasteiger charge is -2.18. The SMILES string of the molecule is C=Cc1cc(C)c(/C=C\C)c(-c2ccc(-c3cc(-c4ccc(-c5cncc6c5C=CCC6)cc4)cc(-c4nc(-c5ccccc5)nc(-c5ccccc5)n4)c3)cc2)c1/C=C\C.N. The summed E-state index contributed by atoms with van der Waals surface area (Å²) in [5.74, 6) is 1.87. The van der Waals surface area contributed by atoms with E-state index in [1.807, 2.05) is 79.1 Å². The molecule has 0 saturated carbocycles. The van der Waals surface area contributed by atoms with Crippen LogP contribution in [0.25, 0.3) is 103 Å². The Bertz CT molecular complexity index is 2920. The van der Waals surface area contributed by atoms with Crippen LogP contribution >= 0.6 is 0 Å². The molecule has 5 heteroatoms. The fraction of sp³-hybridized carbons (Fsp3) is 0.0877. The van der Waals surface area contributed by atoms with E-state index in [2.05, 4.69) is 142 Å². The maximum atomic E-state index is 5.14. The number of hydrogen-bond acceptors (Lipinski definition) is 5. The molecule has 62 heavy (non-hydrogen) atoms. The second-order valence-corrected chi connectivity index (χ2v) is 15.4. The number of hydrogen-bond donors (Lipinski definition) is 1. The molecule has 0 unspecified atom stereocenters. The van der Waals surface area contributed by atoms with Crippen LogP contribution in [0.1, 0.15) is 53.6 Å². The molecule has 0 atom stereocenters. The summed E-state index contributed by atoms with van der Waals surface area (Å²) in [6, 6.07) is 47.0. The minimum absolute atomic E-state index is 0. The topological polar surface area (TPSA) is 86.6 Å². The van der Waals surface area contributed by atoms with Gasteiger partial charge in [-0.2, -0.15) is 0 Å². The van der Waals surface area contributed by atoms with Gasteiger partial charge in [0.1, 0.15) is 0 Å². The highest BCUT2D eigenvalue weighted by molar-refractivity contribution is 5.90. The summed E-state index contributed by atoms with van der Waals surface area (Å²) in [5, 5.41) is 0. The third-order valence-corrected chi connectivity index (χ3v) is 11.4. The predicted molar refractivity (Wildman–Crippen MR) is 262 cm³/mol. The third kappa shape index (κ3) is 8.27. The van der Waals surface area contributed by atoms with Gasteiger partial charge in [0, 0.05) is 34.6 Å². The van der Waals surface area contributed by atoms with Gasteiger partial charge in [0.15, 0.2) is 17.5 Å². The van der Waals surface area contributed by atoms with Crippen LogP contribution in [0.15, 0.2) is 171 Å². The molecular formula is C57H49N5. The number of fused-ring (bicyclic) bond motifs is 1. The lowest BCUT2D eigenvalue weighted by Crippen LogP contribution is -2.00. The first-order chi connectivity index (χ1) is 30.0. The van der Waals surface area contributed by atoms with Crippen molar-refractivity contribution in [2.45, 2.75) is 33.6 Å². The molecule has 6 aromatic carbocycles. The molecule has 5 nitrogen and oxygen atoms in total. The molecule has 0 aliphatic heterocycles. The van der Waals surface area contributed by atoms with E-state index in [1.54, 1.807) is 0 Å². The second kappa shape index (κ2) is 18.3. The normalized spacial score (nSPS) is 12.0. The number of aryl methyl sites for hydroxylation is 2. The summed E-state index contributed by atoms with van der Waals surface area (Å²) in [7, 11) is 0. The van der Waals surface area contributed by atoms with Gasteiger partial charge in [-0.25, -0.2) is 15.0 Å². The highest BCUT2D eigenvalue weighted by Crippen LogP contribution is 2.39. The van der Waals surface area contributed by atoms with Gasteiger partial charge in [0.05, 0.1) is 0 Å². The zero-order valence-corrected chi connectivity index (χ0v) is 35.5. The summed E-state index contributed by atoms with van der Waals surface area (Å²) in [4.78, 5) is 19.9. The van der Waals surface area contributed by atoms with Crippen molar-refractivity contribution in [2.24, 2.45) is 0 Å². The monoisotopic (exact) mass is 803 g/mol. The van der Waals surface area contributed by atoms with E-state index in [0.29, 0.717) is 17.5 Å². The maximum Gasteiger partial charge on any atom is 0.164 e. The highest BCUT2D eigenvalue weighted by Gasteiger charge is 2.18. The number of rotatable bonds is 10. The van der Waals surface area contributed by atoms with Gasteiger partial charge in [-0.05, 0) is 124 Å². The Kier molecular flexibility index (Phi) is 12.2. The first-order valence-corrected chi connectivity index (χ1v) is 20.9. The van der Waals surface area contributed by atoms with Crippen LogP contribution in [-0.2, 0) is 6.42 Å². The minimum atomic E-state index is 0. The maximum absolute atomic E-state index is 5.14. The third-order valence-electron chi connectivity index (χ3n) is 11.4. The van der Waals surface area contributed by atoms with Crippen LogP contribution in [0.3, 0.4) is 0 Å². The fourth-order valence-electron chi connectivity index (χ4n) is 8.36. The first-order valence-electron chi connectivity index (χ1n) is 20.9. The molecule has 302 valence electrons.